The maximum absolute atomic E-state index is 13.0. The predicted octanol–water partition coefficient (Wildman–Crippen LogP) is 3.64. The highest BCUT2D eigenvalue weighted by Gasteiger charge is 2.48. The smallest absolute Gasteiger partial charge is 0.392 e. The number of nitrogens with zero attached hydrogens (tertiary/aromatic N) is 1. The van der Waals surface area contributed by atoms with E-state index in [1.165, 1.54) is 19.4 Å². The number of hydrogen-bond donors (Lipinski definition) is 0. The van der Waals surface area contributed by atoms with Crippen LogP contribution >= 0.6 is 0 Å². The van der Waals surface area contributed by atoms with Crippen LogP contribution in [-0.2, 0) is 0 Å². The third kappa shape index (κ3) is 2.94. The van der Waals surface area contributed by atoms with Gasteiger partial charge in [-0.1, -0.05) is 12.8 Å². The first-order valence-corrected chi connectivity index (χ1v) is 6.55. The minimum atomic E-state index is -4.34. The normalized spacial score (nSPS) is 23.4. The van der Waals surface area contributed by atoms with Gasteiger partial charge >= 0.3 is 6.18 Å². The predicted molar refractivity (Wildman–Crippen MR) is 66.6 cm³/mol. The van der Waals surface area contributed by atoms with E-state index >= 15 is 0 Å². The average molecular weight is 287 g/mol. The number of pyridine rings is 1. The number of alkyl halides is 3. The molecule has 0 aliphatic heterocycles. The molecule has 1 aromatic rings. The molecule has 1 aromatic heterocycles. The number of halogens is 3. The summed E-state index contributed by atoms with van der Waals surface area (Å²) in [5, 5.41) is 0. The molecule has 2 atom stereocenters. The topological polar surface area (TPSA) is 39.2 Å². The van der Waals surface area contributed by atoms with Gasteiger partial charge in [-0.2, -0.15) is 13.2 Å². The molecule has 1 saturated carbocycles. The molecule has 0 saturated heterocycles. The van der Waals surface area contributed by atoms with E-state index in [2.05, 4.69) is 4.98 Å². The van der Waals surface area contributed by atoms with Crippen LogP contribution in [0.4, 0.5) is 13.2 Å². The summed E-state index contributed by atoms with van der Waals surface area (Å²) < 4.78 is 44.2. The SMILES string of the molecule is COc1cccnc1C(=O)C1CCCCC1C(F)(F)F. The first-order chi connectivity index (χ1) is 9.45. The van der Waals surface area contributed by atoms with Crippen molar-refractivity contribution in [3.05, 3.63) is 24.0 Å². The monoisotopic (exact) mass is 287 g/mol. The van der Waals surface area contributed by atoms with Crippen molar-refractivity contribution >= 4 is 5.78 Å². The van der Waals surface area contributed by atoms with Gasteiger partial charge in [-0.05, 0) is 25.0 Å². The molecule has 6 heteroatoms. The Hall–Kier alpha value is -1.59. The van der Waals surface area contributed by atoms with Crippen LogP contribution in [0.2, 0.25) is 0 Å². The van der Waals surface area contributed by atoms with E-state index in [4.69, 9.17) is 4.74 Å². The number of Topliss-reactive ketones (excluding diaryl/α,β-unsaturated/α-hetero) is 1. The molecular formula is C14H16F3NO2. The van der Waals surface area contributed by atoms with Crippen molar-refractivity contribution in [3.63, 3.8) is 0 Å². The Morgan fingerprint density at radius 2 is 2.05 bits per heavy atom. The molecule has 2 rings (SSSR count). The first kappa shape index (κ1) is 14.8. The summed E-state index contributed by atoms with van der Waals surface area (Å²) in [5.74, 6) is -2.96. The Bertz CT molecular complexity index is 488. The fourth-order valence-corrected chi connectivity index (χ4v) is 2.75. The van der Waals surface area contributed by atoms with Crippen LogP contribution < -0.4 is 4.74 Å². The first-order valence-electron chi connectivity index (χ1n) is 6.55. The fourth-order valence-electron chi connectivity index (χ4n) is 2.75. The number of carbonyl (C=O) groups is 1. The molecule has 1 aliphatic carbocycles. The van der Waals surface area contributed by atoms with Crippen LogP contribution in [0.5, 0.6) is 5.75 Å². The maximum atomic E-state index is 13.0. The molecule has 1 heterocycles. The van der Waals surface area contributed by atoms with Crippen molar-refractivity contribution in [1.29, 1.82) is 0 Å². The van der Waals surface area contributed by atoms with Crippen molar-refractivity contribution in [3.8, 4) is 5.75 Å². The Morgan fingerprint density at radius 3 is 2.70 bits per heavy atom. The number of ether oxygens (including phenoxy) is 1. The summed E-state index contributed by atoms with van der Waals surface area (Å²) in [6.07, 6.45) is -1.55. The molecule has 1 fully saturated rings. The van der Waals surface area contributed by atoms with Gasteiger partial charge in [0, 0.05) is 12.1 Å². The highest BCUT2D eigenvalue weighted by atomic mass is 19.4. The van der Waals surface area contributed by atoms with E-state index in [9.17, 15) is 18.0 Å². The lowest BCUT2D eigenvalue weighted by atomic mass is 9.75. The van der Waals surface area contributed by atoms with Gasteiger partial charge in [0.15, 0.2) is 5.78 Å². The molecule has 110 valence electrons. The zero-order valence-corrected chi connectivity index (χ0v) is 11.1. The Kier molecular flexibility index (Phi) is 4.30. The van der Waals surface area contributed by atoms with Crippen molar-refractivity contribution in [1.82, 2.24) is 4.98 Å². The van der Waals surface area contributed by atoms with Crippen molar-refractivity contribution in [2.45, 2.75) is 31.9 Å². The van der Waals surface area contributed by atoms with Crippen molar-refractivity contribution < 1.29 is 22.7 Å². The van der Waals surface area contributed by atoms with Gasteiger partial charge in [-0.3, -0.25) is 4.79 Å². The van der Waals surface area contributed by atoms with E-state index in [-0.39, 0.29) is 24.3 Å². The third-order valence-corrected chi connectivity index (χ3v) is 3.75. The third-order valence-electron chi connectivity index (χ3n) is 3.75. The van der Waals surface area contributed by atoms with Gasteiger partial charge in [0.2, 0.25) is 0 Å². The van der Waals surface area contributed by atoms with Crippen LogP contribution in [0.25, 0.3) is 0 Å². The van der Waals surface area contributed by atoms with Crippen LogP contribution in [0.3, 0.4) is 0 Å². The lowest BCUT2D eigenvalue weighted by Gasteiger charge is -2.31. The summed E-state index contributed by atoms with van der Waals surface area (Å²) in [5.41, 5.74) is -0.00356. The minimum Gasteiger partial charge on any atom is -0.494 e. The lowest BCUT2D eigenvalue weighted by molar-refractivity contribution is -0.191. The Balaban J connectivity index is 2.30. The molecule has 3 nitrogen and oxygen atoms in total. The summed E-state index contributed by atoms with van der Waals surface area (Å²) in [4.78, 5) is 16.3. The maximum Gasteiger partial charge on any atom is 0.392 e. The molecular weight excluding hydrogens is 271 g/mol. The molecule has 0 radical (unpaired) electrons. The number of hydrogen-bond acceptors (Lipinski definition) is 3. The Labute approximate surface area is 115 Å². The molecule has 0 aromatic carbocycles. The van der Waals surface area contributed by atoms with E-state index in [0.717, 1.165) is 0 Å². The van der Waals surface area contributed by atoms with Gasteiger partial charge in [-0.25, -0.2) is 4.98 Å². The van der Waals surface area contributed by atoms with E-state index in [1.807, 2.05) is 0 Å². The second-order valence-electron chi connectivity index (χ2n) is 4.96. The second kappa shape index (κ2) is 5.81. The van der Waals surface area contributed by atoms with Crippen LogP contribution in [0.1, 0.15) is 36.2 Å². The number of aromatic nitrogens is 1. The Morgan fingerprint density at radius 1 is 1.35 bits per heavy atom. The average Bonchev–Trinajstić information content (AvgIpc) is 2.45. The quantitative estimate of drug-likeness (QED) is 0.797. The van der Waals surface area contributed by atoms with E-state index in [0.29, 0.717) is 12.8 Å². The summed E-state index contributed by atoms with van der Waals surface area (Å²) in [6.45, 7) is 0. The fraction of sp³-hybridized carbons (Fsp3) is 0.571. The van der Waals surface area contributed by atoms with Crippen LogP contribution in [-0.4, -0.2) is 24.1 Å². The van der Waals surface area contributed by atoms with Gasteiger partial charge in [0.05, 0.1) is 13.0 Å². The van der Waals surface area contributed by atoms with Gasteiger partial charge in [-0.15, -0.1) is 0 Å². The number of carbonyl (C=O) groups excluding carboxylic acids is 1. The molecule has 0 spiro atoms. The van der Waals surface area contributed by atoms with E-state index < -0.39 is 23.8 Å². The number of rotatable bonds is 3. The molecule has 0 N–H and O–H groups in total. The van der Waals surface area contributed by atoms with Crippen LogP contribution in [0.15, 0.2) is 18.3 Å². The lowest BCUT2D eigenvalue weighted by Crippen LogP contribution is -2.37. The number of ketones is 1. The highest BCUT2D eigenvalue weighted by molar-refractivity contribution is 5.98. The summed E-state index contributed by atoms with van der Waals surface area (Å²) in [7, 11) is 1.37. The summed E-state index contributed by atoms with van der Waals surface area (Å²) >= 11 is 0. The second-order valence-corrected chi connectivity index (χ2v) is 4.96. The molecule has 1 aliphatic rings. The number of methoxy groups -OCH3 is 1. The van der Waals surface area contributed by atoms with Crippen molar-refractivity contribution in [2.75, 3.05) is 7.11 Å². The zero-order chi connectivity index (χ0) is 14.8. The van der Waals surface area contributed by atoms with Gasteiger partial charge < -0.3 is 4.74 Å². The standard InChI is InChI=1S/C14H16F3NO2/c1-20-11-7-4-8-18-12(11)13(19)9-5-2-3-6-10(9)14(15,16)17/h4,7-10H,2-3,5-6H2,1H3. The summed E-state index contributed by atoms with van der Waals surface area (Å²) in [6, 6.07) is 3.11. The van der Waals surface area contributed by atoms with Gasteiger partial charge in [0.25, 0.3) is 0 Å². The molecule has 2 unspecified atom stereocenters. The largest absolute Gasteiger partial charge is 0.494 e. The molecule has 0 amide bonds. The van der Waals surface area contributed by atoms with Crippen LogP contribution in [0, 0.1) is 11.8 Å². The van der Waals surface area contributed by atoms with Crippen molar-refractivity contribution in [2.24, 2.45) is 11.8 Å². The highest BCUT2D eigenvalue weighted by Crippen LogP contribution is 2.43. The van der Waals surface area contributed by atoms with E-state index in [1.54, 1.807) is 6.07 Å². The molecule has 20 heavy (non-hydrogen) atoms. The zero-order valence-electron chi connectivity index (χ0n) is 11.1. The van der Waals surface area contributed by atoms with Gasteiger partial charge in [0.1, 0.15) is 11.4 Å². The molecule has 0 bridgehead atoms. The minimum absolute atomic E-state index is 0.00356.